The van der Waals surface area contributed by atoms with Gasteiger partial charge in [-0.05, 0) is 31.5 Å². The number of aliphatic imine (C=N–C) groups is 1. The summed E-state index contributed by atoms with van der Waals surface area (Å²) in [4.78, 5) is 10.2. The first kappa shape index (κ1) is 21.0. The fourth-order valence-electron chi connectivity index (χ4n) is 2.41. The maximum atomic E-state index is 6.28. The summed E-state index contributed by atoms with van der Waals surface area (Å²) in [6.07, 6.45) is 1.88. The van der Waals surface area contributed by atoms with E-state index in [0.717, 1.165) is 23.1 Å². The van der Waals surface area contributed by atoms with E-state index in [9.17, 15) is 0 Å². The predicted octanol–water partition coefficient (Wildman–Crippen LogP) is 3.75. The predicted molar refractivity (Wildman–Crippen MR) is 116 cm³/mol. The van der Waals surface area contributed by atoms with Crippen LogP contribution in [-0.2, 0) is 13.1 Å². The fourth-order valence-corrected chi connectivity index (χ4v) is 3.42. The minimum Gasteiger partial charge on any atom is -0.486 e. The van der Waals surface area contributed by atoms with Crippen molar-refractivity contribution in [2.45, 2.75) is 26.9 Å². The minimum atomic E-state index is 0. The molecular formula is C17H22ClIN4O2S. The lowest BCUT2D eigenvalue weighted by Gasteiger charge is -2.20. The number of aryl methyl sites for hydroxylation is 1. The van der Waals surface area contributed by atoms with Gasteiger partial charge in [0.15, 0.2) is 17.5 Å². The second-order valence-corrected chi connectivity index (χ2v) is 7.24. The Bertz CT molecular complexity index is 769. The van der Waals surface area contributed by atoms with E-state index < -0.39 is 0 Å². The van der Waals surface area contributed by atoms with E-state index in [2.05, 4.69) is 20.6 Å². The lowest BCUT2D eigenvalue weighted by Crippen LogP contribution is -2.36. The first-order valence-electron chi connectivity index (χ1n) is 8.17. The van der Waals surface area contributed by atoms with Gasteiger partial charge in [0.1, 0.15) is 18.2 Å². The molecule has 0 aliphatic carbocycles. The molecule has 0 spiro atoms. The van der Waals surface area contributed by atoms with Crippen molar-refractivity contribution in [1.82, 2.24) is 15.6 Å². The summed E-state index contributed by atoms with van der Waals surface area (Å²) in [5.41, 5.74) is 0.969. The number of hydrogen-bond acceptors (Lipinski definition) is 5. The zero-order valence-corrected chi connectivity index (χ0v) is 18.6. The van der Waals surface area contributed by atoms with Gasteiger partial charge >= 0.3 is 0 Å². The number of guanidine groups is 1. The average molecular weight is 509 g/mol. The molecule has 9 heteroatoms. The third kappa shape index (κ3) is 5.62. The summed E-state index contributed by atoms with van der Waals surface area (Å²) in [7, 11) is 0. The van der Waals surface area contributed by atoms with E-state index in [4.69, 9.17) is 21.1 Å². The molecule has 6 nitrogen and oxygen atoms in total. The van der Waals surface area contributed by atoms with Crippen LogP contribution < -0.4 is 20.1 Å². The maximum absolute atomic E-state index is 6.28. The molecule has 0 radical (unpaired) electrons. The highest BCUT2D eigenvalue weighted by atomic mass is 127. The number of halogens is 2. The summed E-state index contributed by atoms with van der Waals surface area (Å²) in [6.45, 7) is 7.06. The molecule has 2 N–H and O–H groups in total. The van der Waals surface area contributed by atoms with Crippen molar-refractivity contribution in [3.63, 3.8) is 0 Å². The highest BCUT2D eigenvalue weighted by Gasteiger charge is 2.16. The Labute approximate surface area is 179 Å². The van der Waals surface area contributed by atoms with Crippen molar-refractivity contribution in [3.05, 3.63) is 38.8 Å². The highest BCUT2D eigenvalue weighted by Crippen LogP contribution is 2.38. The van der Waals surface area contributed by atoms with Gasteiger partial charge in [-0.25, -0.2) is 9.98 Å². The van der Waals surface area contributed by atoms with Crippen LogP contribution in [-0.4, -0.2) is 30.7 Å². The molecule has 1 aromatic heterocycles. The number of ether oxygens (including phenoxy) is 2. The van der Waals surface area contributed by atoms with Gasteiger partial charge in [0, 0.05) is 17.6 Å². The Morgan fingerprint density at radius 2 is 2.12 bits per heavy atom. The van der Waals surface area contributed by atoms with Crippen LogP contribution >= 0.6 is 46.9 Å². The Kier molecular flexibility index (Phi) is 8.23. The van der Waals surface area contributed by atoms with Gasteiger partial charge in [0.2, 0.25) is 0 Å². The molecular weight excluding hydrogens is 487 g/mol. The lowest BCUT2D eigenvalue weighted by molar-refractivity contribution is 0.171. The summed E-state index contributed by atoms with van der Waals surface area (Å²) >= 11 is 7.95. The smallest absolute Gasteiger partial charge is 0.191 e. The van der Waals surface area contributed by atoms with Crippen molar-refractivity contribution in [2.75, 3.05) is 19.8 Å². The first-order valence-corrected chi connectivity index (χ1v) is 9.36. The van der Waals surface area contributed by atoms with E-state index in [-0.39, 0.29) is 24.0 Å². The molecule has 26 heavy (non-hydrogen) atoms. The maximum Gasteiger partial charge on any atom is 0.191 e. The van der Waals surface area contributed by atoms with E-state index in [1.54, 1.807) is 11.3 Å². The molecule has 0 saturated heterocycles. The third-order valence-electron chi connectivity index (χ3n) is 3.50. The standard InChI is InChI=1S/C17H21ClN4O2S.HI/c1-3-19-17(22-10-15-20-8-11(2)25-15)21-9-12-6-13(18)16-14(7-12)23-4-5-24-16;/h6-8H,3-5,9-10H2,1-2H3,(H2,19,21,22);1H. The molecule has 1 aliphatic rings. The molecule has 0 atom stereocenters. The van der Waals surface area contributed by atoms with Crippen LogP contribution in [0.3, 0.4) is 0 Å². The number of nitrogens with one attached hydrogen (secondary N) is 2. The van der Waals surface area contributed by atoms with Crippen molar-refractivity contribution < 1.29 is 9.47 Å². The number of aromatic nitrogens is 1. The Hall–Kier alpha value is -1.26. The molecule has 2 heterocycles. The first-order chi connectivity index (χ1) is 12.2. The van der Waals surface area contributed by atoms with E-state index >= 15 is 0 Å². The Morgan fingerprint density at radius 1 is 1.31 bits per heavy atom. The second-order valence-electron chi connectivity index (χ2n) is 5.52. The number of thiazole rings is 1. The monoisotopic (exact) mass is 508 g/mol. The van der Waals surface area contributed by atoms with Gasteiger partial charge in [-0.3, -0.25) is 0 Å². The normalized spacial score (nSPS) is 13.1. The molecule has 1 aromatic carbocycles. The average Bonchev–Trinajstić information content (AvgIpc) is 3.03. The van der Waals surface area contributed by atoms with Crippen LogP contribution in [0.5, 0.6) is 11.5 Å². The molecule has 0 amide bonds. The van der Waals surface area contributed by atoms with Crippen molar-refractivity contribution in [1.29, 1.82) is 0 Å². The largest absolute Gasteiger partial charge is 0.486 e. The van der Waals surface area contributed by atoms with Gasteiger partial charge in [0.25, 0.3) is 0 Å². The van der Waals surface area contributed by atoms with Gasteiger partial charge in [-0.2, -0.15) is 0 Å². The van der Waals surface area contributed by atoms with Crippen LogP contribution in [0.2, 0.25) is 5.02 Å². The molecule has 0 unspecified atom stereocenters. The summed E-state index contributed by atoms with van der Waals surface area (Å²) in [6, 6.07) is 3.80. The molecule has 0 saturated carbocycles. The fraction of sp³-hybridized carbons (Fsp3) is 0.412. The third-order valence-corrected chi connectivity index (χ3v) is 4.69. The molecule has 0 bridgehead atoms. The molecule has 0 fully saturated rings. The van der Waals surface area contributed by atoms with Gasteiger partial charge in [-0.15, -0.1) is 35.3 Å². The molecule has 1 aliphatic heterocycles. The van der Waals surface area contributed by atoms with Gasteiger partial charge in [-0.1, -0.05) is 11.6 Å². The van der Waals surface area contributed by atoms with Gasteiger partial charge in [0.05, 0.1) is 18.1 Å². The Balaban J connectivity index is 0.00000243. The molecule has 2 aromatic rings. The second kappa shape index (κ2) is 10.2. The number of hydrogen-bond donors (Lipinski definition) is 2. The van der Waals surface area contributed by atoms with Crippen LogP contribution in [0.4, 0.5) is 0 Å². The SMILES string of the molecule is CCNC(=NCc1cc(Cl)c2c(c1)OCCO2)NCc1ncc(C)s1.I. The van der Waals surface area contributed by atoms with Crippen molar-refractivity contribution >= 4 is 52.9 Å². The zero-order valence-electron chi connectivity index (χ0n) is 14.7. The molecule has 3 rings (SSSR count). The van der Waals surface area contributed by atoms with Gasteiger partial charge < -0.3 is 20.1 Å². The summed E-state index contributed by atoms with van der Waals surface area (Å²) < 4.78 is 11.2. The van der Waals surface area contributed by atoms with E-state index in [0.29, 0.717) is 42.8 Å². The number of rotatable bonds is 5. The summed E-state index contributed by atoms with van der Waals surface area (Å²) in [5.74, 6) is 2.03. The minimum absolute atomic E-state index is 0. The lowest BCUT2D eigenvalue weighted by atomic mass is 10.2. The van der Waals surface area contributed by atoms with Crippen LogP contribution in [0, 0.1) is 6.92 Å². The quantitative estimate of drug-likeness (QED) is 0.366. The Morgan fingerprint density at radius 3 is 2.85 bits per heavy atom. The van der Waals surface area contributed by atoms with Crippen molar-refractivity contribution in [2.24, 2.45) is 4.99 Å². The van der Waals surface area contributed by atoms with E-state index in [1.807, 2.05) is 32.2 Å². The number of fused-ring (bicyclic) bond motifs is 1. The van der Waals surface area contributed by atoms with Crippen LogP contribution in [0.15, 0.2) is 23.3 Å². The van der Waals surface area contributed by atoms with Crippen LogP contribution in [0.25, 0.3) is 0 Å². The number of benzene rings is 1. The van der Waals surface area contributed by atoms with Crippen LogP contribution in [0.1, 0.15) is 22.4 Å². The topological polar surface area (TPSA) is 67.8 Å². The summed E-state index contributed by atoms with van der Waals surface area (Å²) in [5, 5.41) is 8.12. The zero-order chi connectivity index (χ0) is 17.6. The molecule has 142 valence electrons. The number of nitrogens with zero attached hydrogens (tertiary/aromatic N) is 2. The van der Waals surface area contributed by atoms with E-state index in [1.165, 1.54) is 4.88 Å². The highest BCUT2D eigenvalue weighted by molar-refractivity contribution is 14.0. The van der Waals surface area contributed by atoms with Crippen molar-refractivity contribution in [3.8, 4) is 11.5 Å².